The van der Waals surface area contributed by atoms with Crippen LogP contribution in [-0.4, -0.2) is 49.4 Å². The molecule has 2 amide bonds. The molecule has 2 heterocycles. The third-order valence-corrected chi connectivity index (χ3v) is 4.76. The van der Waals surface area contributed by atoms with Crippen LogP contribution in [0.1, 0.15) is 19.3 Å². The highest BCUT2D eigenvalue weighted by molar-refractivity contribution is 6.00. The van der Waals surface area contributed by atoms with Gasteiger partial charge in [-0.2, -0.15) is 0 Å². The van der Waals surface area contributed by atoms with Crippen molar-refractivity contribution in [3.8, 4) is 0 Å². The lowest BCUT2D eigenvalue weighted by Crippen LogP contribution is -2.49. The van der Waals surface area contributed by atoms with Crippen molar-refractivity contribution in [1.29, 1.82) is 0 Å². The third kappa shape index (κ3) is 3.22. The summed E-state index contributed by atoms with van der Waals surface area (Å²) in [5.41, 5.74) is 0.263. The van der Waals surface area contributed by atoms with Gasteiger partial charge in [-0.3, -0.25) is 9.59 Å². The molecule has 5 nitrogen and oxygen atoms in total. The normalized spacial score (nSPS) is 25.0. The number of rotatable bonds is 3. The fraction of sp³-hybridized carbons (Fsp3) is 0.529. The Morgan fingerprint density at radius 3 is 2.83 bits per heavy atom. The molecule has 3 rings (SSSR count). The first-order chi connectivity index (χ1) is 11.1. The van der Waals surface area contributed by atoms with E-state index in [4.69, 9.17) is 0 Å². The molecule has 0 saturated carbocycles. The van der Waals surface area contributed by atoms with Crippen LogP contribution in [0.15, 0.2) is 24.3 Å². The number of nitrogens with zero attached hydrogens (tertiary/aromatic N) is 2. The molecule has 23 heavy (non-hydrogen) atoms. The van der Waals surface area contributed by atoms with Crippen molar-refractivity contribution in [2.45, 2.75) is 25.3 Å². The number of piperidine rings is 1. The summed E-state index contributed by atoms with van der Waals surface area (Å²) in [6, 6.07) is 6.52. The zero-order valence-electron chi connectivity index (χ0n) is 13.3. The maximum atomic E-state index is 13.9. The highest BCUT2D eigenvalue weighted by Crippen LogP contribution is 2.28. The van der Waals surface area contributed by atoms with Crippen LogP contribution in [-0.2, 0) is 9.59 Å². The minimum Gasteiger partial charge on any atom is -0.341 e. The molecule has 2 aliphatic heterocycles. The first-order valence-corrected chi connectivity index (χ1v) is 8.11. The second-order valence-electron chi connectivity index (χ2n) is 6.27. The SMILES string of the molecule is CNC1CCCN(C(=O)C2CC(=O)N(c3ccccc3F)C2)C1. The van der Waals surface area contributed by atoms with E-state index in [0.717, 1.165) is 19.4 Å². The van der Waals surface area contributed by atoms with Gasteiger partial charge in [-0.25, -0.2) is 4.39 Å². The number of benzene rings is 1. The highest BCUT2D eigenvalue weighted by Gasteiger charge is 2.38. The lowest BCUT2D eigenvalue weighted by atomic mass is 10.0. The average Bonchev–Trinajstić information content (AvgIpc) is 2.96. The van der Waals surface area contributed by atoms with Gasteiger partial charge in [0.1, 0.15) is 5.82 Å². The number of hydrogen-bond donors (Lipinski definition) is 1. The van der Waals surface area contributed by atoms with Gasteiger partial charge in [-0.15, -0.1) is 0 Å². The van der Waals surface area contributed by atoms with Gasteiger partial charge in [0.05, 0.1) is 11.6 Å². The smallest absolute Gasteiger partial charge is 0.228 e. The van der Waals surface area contributed by atoms with Gasteiger partial charge in [0, 0.05) is 32.1 Å². The van der Waals surface area contributed by atoms with Crippen LogP contribution in [0.5, 0.6) is 0 Å². The van der Waals surface area contributed by atoms with Crippen molar-refractivity contribution in [2.75, 3.05) is 31.6 Å². The Balaban J connectivity index is 1.70. The first kappa shape index (κ1) is 15.9. The minimum atomic E-state index is -0.429. The van der Waals surface area contributed by atoms with Gasteiger partial charge in [0.25, 0.3) is 0 Å². The minimum absolute atomic E-state index is 0.0112. The summed E-state index contributed by atoms with van der Waals surface area (Å²) in [5, 5.41) is 3.21. The quantitative estimate of drug-likeness (QED) is 0.916. The van der Waals surface area contributed by atoms with Crippen LogP contribution >= 0.6 is 0 Å². The van der Waals surface area contributed by atoms with Crippen LogP contribution < -0.4 is 10.2 Å². The molecule has 2 atom stereocenters. The van der Waals surface area contributed by atoms with Gasteiger partial charge in [-0.1, -0.05) is 12.1 Å². The molecule has 0 spiro atoms. The Morgan fingerprint density at radius 2 is 2.09 bits per heavy atom. The van der Waals surface area contributed by atoms with Crippen molar-refractivity contribution in [2.24, 2.45) is 5.92 Å². The summed E-state index contributed by atoms with van der Waals surface area (Å²) in [4.78, 5) is 28.2. The summed E-state index contributed by atoms with van der Waals surface area (Å²) in [6.07, 6.45) is 2.19. The van der Waals surface area contributed by atoms with Gasteiger partial charge in [0.2, 0.25) is 11.8 Å². The van der Waals surface area contributed by atoms with Crippen molar-refractivity contribution >= 4 is 17.5 Å². The van der Waals surface area contributed by atoms with E-state index in [9.17, 15) is 14.0 Å². The number of likely N-dealkylation sites (N-methyl/N-ethyl adjacent to an activating group) is 1. The standard InChI is InChI=1S/C17H22FN3O2/c1-19-13-5-4-8-20(11-13)17(23)12-9-16(22)21(10-12)15-7-3-2-6-14(15)18/h2-3,6-7,12-13,19H,4-5,8-11H2,1H3. The monoisotopic (exact) mass is 319 g/mol. The number of para-hydroxylation sites is 1. The average molecular weight is 319 g/mol. The van der Waals surface area contributed by atoms with Crippen LogP contribution in [0.2, 0.25) is 0 Å². The maximum Gasteiger partial charge on any atom is 0.228 e. The molecular formula is C17H22FN3O2. The van der Waals surface area contributed by atoms with Gasteiger partial charge >= 0.3 is 0 Å². The molecule has 2 unspecified atom stereocenters. The van der Waals surface area contributed by atoms with E-state index in [1.165, 1.54) is 11.0 Å². The molecular weight excluding hydrogens is 297 g/mol. The zero-order valence-corrected chi connectivity index (χ0v) is 13.3. The molecule has 2 aliphatic rings. The number of carbonyl (C=O) groups is 2. The van der Waals surface area contributed by atoms with E-state index in [0.29, 0.717) is 12.6 Å². The van der Waals surface area contributed by atoms with Crippen molar-refractivity contribution < 1.29 is 14.0 Å². The van der Waals surface area contributed by atoms with E-state index in [1.54, 1.807) is 18.2 Å². The second-order valence-corrected chi connectivity index (χ2v) is 6.27. The molecule has 2 fully saturated rings. The van der Waals surface area contributed by atoms with Gasteiger partial charge in [0.15, 0.2) is 0 Å². The molecule has 0 aromatic heterocycles. The van der Waals surface area contributed by atoms with E-state index >= 15 is 0 Å². The fourth-order valence-corrected chi connectivity index (χ4v) is 3.45. The number of nitrogens with one attached hydrogen (secondary N) is 1. The van der Waals surface area contributed by atoms with Crippen molar-refractivity contribution in [3.05, 3.63) is 30.1 Å². The van der Waals surface area contributed by atoms with Crippen molar-refractivity contribution in [3.63, 3.8) is 0 Å². The first-order valence-electron chi connectivity index (χ1n) is 8.11. The molecule has 1 aromatic rings. The Bertz CT molecular complexity index is 607. The molecule has 1 N–H and O–H groups in total. The number of halogens is 1. The summed E-state index contributed by atoms with van der Waals surface area (Å²) in [7, 11) is 1.90. The predicted molar refractivity (Wildman–Crippen MR) is 85.5 cm³/mol. The third-order valence-electron chi connectivity index (χ3n) is 4.76. The molecule has 0 radical (unpaired) electrons. The predicted octanol–water partition coefficient (Wildman–Crippen LogP) is 1.39. The number of amides is 2. The van der Waals surface area contributed by atoms with E-state index in [2.05, 4.69) is 5.32 Å². The molecule has 0 bridgehead atoms. The van der Waals surface area contributed by atoms with Crippen LogP contribution in [0.25, 0.3) is 0 Å². The van der Waals surface area contributed by atoms with Gasteiger partial charge < -0.3 is 15.1 Å². The lowest BCUT2D eigenvalue weighted by Gasteiger charge is -2.34. The van der Waals surface area contributed by atoms with Crippen LogP contribution in [0.4, 0.5) is 10.1 Å². The highest BCUT2D eigenvalue weighted by atomic mass is 19.1. The topological polar surface area (TPSA) is 52.7 Å². The zero-order chi connectivity index (χ0) is 16.4. The fourth-order valence-electron chi connectivity index (χ4n) is 3.45. The molecule has 124 valence electrons. The Labute approximate surface area is 135 Å². The lowest BCUT2D eigenvalue weighted by molar-refractivity contribution is -0.137. The number of likely N-dealkylation sites (tertiary alicyclic amines) is 1. The van der Waals surface area contributed by atoms with E-state index in [-0.39, 0.29) is 36.4 Å². The Kier molecular flexibility index (Phi) is 4.61. The molecule has 0 aliphatic carbocycles. The Hall–Kier alpha value is -1.95. The Morgan fingerprint density at radius 1 is 1.30 bits per heavy atom. The summed E-state index contributed by atoms with van der Waals surface area (Å²) < 4.78 is 13.9. The number of anilines is 1. The van der Waals surface area contributed by atoms with Crippen LogP contribution in [0, 0.1) is 11.7 Å². The second kappa shape index (κ2) is 6.66. The van der Waals surface area contributed by atoms with Crippen molar-refractivity contribution in [1.82, 2.24) is 10.2 Å². The van der Waals surface area contributed by atoms with E-state index in [1.807, 2.05) is 11.9 Å². The maximum absolute atomic E-state index is 13.9. The molecule has 1 aromatic carbocycles. The van der Waals surface area contributed by atoms with Gasteiger partial charge in [-0.05, 0) is 32.0 Å². The summed E-state index contributed by atoms with van der Waals surface area (Å²) in [6.45, 7) is 1.68. The molecule has 6 heteroatoms. The summed E-state index contributed by atoms with van der Waals surface area (Å²) in [5.74, 6) is -0.979. The van der Waals surface area contributed by atoms with Crippen LogP contribution in [0.3, 0.4) is 0 Å². The molecule has 2 saturated heterocycles. The number of hydrogen-bond acceptors (Lipinski definition) is 3. The van der Waals surface area contributed by atoms with E-state index < -0.39 is 5.82 Å². The summed E-state index contributed by atoms with van der Waals surface area (Å²) >= 11 is 0. The number of carbonyl (C=O) groups excluding carboxylic acids is 2. The largest absolute Gasteiger partial charge is 0.341 e.